The summed E-state index contributed by atoms with van der Waals surface area (Å²) in [5.41, 5.74) is -0.0270. The van der Waals surface area contributed by atoms with Crippen LogP contribution < -0.4 is 10.6 Å². The topological polar surface area (TPSA) is 101 Å². The molecule has 1 aliphatic rings. The van der Waals surface area contributed by atoms with Crippen molar-refractivity contribution in [3.8, 4) is 0 Å². The van der Waals surface area contributed by atoms with Crippen LogP contribution in [0.1, 0.15) is 36.1 Å². The molecular formula is C18H21FN6O2S2. The van der Waals surface area contributed by atoms with Gasteiger partial charge in [-0.05, 0) is 26.0 Å². The molecule has 3 rings (SSSR count). The van der Waals surface area contributed by atoms with Gasteiger partial charge in [-0.15, -0.1) is 10.2 Å². The molecule has 2 N–H and O–H groups in total. The summed E-state index contributed by atoms with van der Waals surface area (Å²) in [6.45, 7) is 4.96. The molecule has 0 saturated carbocycles. The van der Waals surface area contributed by atoms with Crippen LogP contribution in [-0.4, -0.2) is 49.8 Å². The third kappa shape index (κ3) is 5.36. The van der Waals surface area contributed by atoms with Gasteiger partial charge in [0.2, 0.25) is 5.91 Å². The van der Waals surface area contributed by atoms with E-state index in [1.165, 1.54) is 41.7 Å². The Morgan fingerprint density at radius 1 is 1.34 bits per heavy atom. The van der Waals surface area contributed by atoms with Crippen LogP contribution in [0.15, 0.2) is 34.4 Å². The fraction of sp³-hybridized carbons (Fsp3) is 0.389. The lowest BCUT2D eigenvalue weighted by Gasteiger charge is -2.15. The zero-order valence-electron chi connectivity index (χ0n) is 16.0. The van der Waals surface area contributed by atoms with Gasteiger partial charge >= 0.3 is 0 Å². The van der Waals surface area contributed by atoms with E-state index in [2.05, 4.69) is 25.8 Å². The molecule has 154 valence electrons. The monoisotopic (exact) mass is 436 g/mol. The molecule has 1 aromatic carbocycles. The van der Waals surface area contributed by atoms with Crippen molar-refractivity contribution in [2.75, 3.05) is 18.1 Å². The largest absolute Gasteiger partial charge is 0.342 e. The average molecular weight is 437 g/mol. The Morgan fingerprint density at radius 3 is 2.83 bits per heavy atom. The van der Waals surface area contributed by atoms with E-state index in [9.17, 15) is 14.0 Å². The molecule has 0 radical (unpaired) electrons. The number of amides is 2. The minimum absolute atomic E-state index is 0.0270. The predicted octanol–water partition coefficient (Wildman–Crippen LogP) is 2.24. The second kappa shape index (κ2) is 9.88. The molecule has 29 heavy (non-hydrogen) atoms. The van der Waals surface area contributed by atoms with Crippen LogP contribution in [0.4, 0.5) is 4.39 Å². The number of benzene rings is 1. The number of aromatic nitrogens is 3. The van der Waals surface area contributed by atoms with Crippen LogP contribution >= 0.6 is 23.5 Å². The number of carbonyl (C=O) groups is 2. The summed E-state index contributed by atoms with van der Waals surface area (Å²) in [5, 5.41) is 15.0. The number of aliphatic imine (C=N–C) groups is 1. The molecular weight excluding hydrogens is 415 g/mol. The molecule has 0 saturated heterocycles. The number of rotatable bonds is 7. The molecule has 1 aliphatic heterocycles. The SMILES string of the molecule is CCn1c(SCC(=O)NC2=NCCS2)nnc1[C@H](C)NC(=O)c1ccccc1F. The summed E-state index contributed by atoms with van der Waals surface area (Å²) < 4.78 is 15.6. The Bertz CT molecular complexity index is 933. The van der Waals surface area contributed by atoms with Gasteiger partial charge in [-0.2, -0.15) is 0 Å². The number of halogens is 1. The van der Waals surface area contributed by atoms with E-state index < -0.39 is 17.8 Å². The summed E-state index contributed by atoms with van der Waals surface area (Å²) in [7, 11) is 0. The molecule has 1 aromatic heterocycles. The maximum atomic E-state index is 13.8. The van der Waals surface area contributed by atoms with E-state index >= 15 is 0 Å². The first-order valence-corrected chi connectivity index (χ1v) is 11.0. The van der Waals surface area contributed by atoms with Crippen LogP contribution in [0.25, 0.3) is 0 Å². The van der Waals surface area contributed by atoms with Gasteiger partial charge in [0.1, 0.15) is 5.82 Å². The van der Waals surface area contributed by atoms with Gasteiger partial charge in [-0.1, -0.05) is 35.7 Å². The van der Waals surface area contributed by atoms with E-state index in [1.54, 1.807) is 13.0 Å². The summed E-state index contributed by atoms with van der Waals surface area (Å²) in [6.07, 6.45) is 0. The van der Waals surface area contributed by atoms with Crippen molar-refractivity contribution in [2.45, 2.75) is 31.6 Å². The molecule has 1 atom stereocenters. The van der Waals surface area contributed by atoms with Crippen LogP contribution in [0, 0.1) is 5.82 Å². The zero-order chi connectivity index (χ0) is 20.8. The van der Waals surface area contributed by atoms with E-state index in [0.717, 1.165) is 12.3 Å². The Morgan fingerprint density at radius 2 is 2.14 bits per heavy atom. The van der Waals surface area contributed by atoms with Crippen molar-refractivity contribution in [1.82, 2.24) is 25.4 Å². The van der Waals surface area contributed by atoms with Crippen molar-refractivity contribution >= 4 is 40.5 Å². The Kier molecular flexibility index (Phi) is 7.26. The smallest absolute Gasteiger partial charge is 0.254 e. The first-order chi connectivity index (χ1) is 14.0. The van der Waals surface area contributed by atoms with E-state index in [0.29, 0.717) is 22.7 Å². The van der Waals surface area contributed by atoms with E-state index in [1.807, 2.05) is 11.5 Å². The van der Waals surface area contributed by atoms with Crippen molar-refractivity contribution in [3.63, 3.8) is 0 Å². The number of amidine groups is 1. The molecule has 0 aliphatic carbocycles. The highest BCUT2D eigenvalue weighted by Gasteiger charge is 2.21. The van der Waals surface area contributed by atoms with Gasteiger partial charge in [0.05, 0.1) is 23.9 Å². The van der Waals surface area contributed by atoms with Gasteiger partial charge in [0.25, 0.3) is 5.91 Å². The standard InChI is InChI=1S/C18H21FN6O2S2/c1-3-25-15(11(2)21-16(27)12-6-4-5-7-13(12)19)23-24-18(25)29-10-14(26)22-17-20-8-9-28-17/h4-7,11H,3,8-10H2,1-2H3,(H,21,27)(H,20,22,26)/t11-/m0/s1. The van der Waals surface area contributed by atoms with Gasteiger partial charge in [0.15, 0.2) is 16.1 Å². The van der Waals surface area contributed by atoms with E-state index in [4.69, 9.17) is 0 Å². The Balaban J connectivity index is 1.62. The first-order valence-electron chi connectivity index (χ1n) is 9.08. The zero-order valence-corrected chi connectivity index (χ0v) is 17.6. The number of nitrogens with zero attached hydrogens (tertiary/aromatic N) is 4. The quantitative estimate of drug-likeness (QED) is 0.646. The van der Waals surface area contributed by atoms with Crippen molar-refractivity contribution < 1.29 is 14.0 Å². The maximum absolute atomic E-state index is 13.8. The van der Waals surface area contributed by atoms with Gasteiger partial charge in [-0.3, -0.25) is 14.6 Å². The van der Waals surface area contributed by atoms with Crippen LogP contribution in [0.3, 0.4) is 0 Å². The van der Waals surface area contributed by atoms with Crippen LogP contribution in [-0.2, 0) is 11.3 Å². The Hall–Kier alpha value is -2.40. The van der Waals surface area contributed by atoms with Gasteiger partial charge in [0, 0.05) is 12.3 Å². The van der Waals surface area contributed by atoms with Crippen LogP contribution in [0.5, 0.6) is 0 Å². The molecule has 0 bridgehead atoms. The fourth-order valence-electron chi connectivity index (χ4n) is 2.70. The number of nitrogens with one attached hydrogen (secondary N) is 2. The normalized spacial score (nSPS) is 14.4. The second-order valence-electron chi connectivity index (χ2n) is 6.13. The van der Waals surface area contributed by atoms with Crippen molar-refractivity contribution in [1.29, 1.82) is 0 Å². The highest BCUT2D eigenvalue weighted by atomic mass is 32.2. The van der Waals surface area contributed by atoms with Gasteiger partial charge < -0.3 is 15.2 Å². The molecule has 2 aromatic rings. The highest BCUT2D eigenvalue weighted by Crippen LogP contribution is 2.21. The third-order valence-corrected chi connectivity index (χ3v) is 5.94. The lowest BCUT2D eigenvalue weighted by atomic mass is 10.2. The lowest BCUT2D eigenvalue weighted by molar-refractivity contribution is -0.117. The fourth-order valence-corrected chi connectivity index (χ4v) is 4.26. The van der Waals surface area contributed by atoms with Crippen molar-refractivity contribution in [3.05, 3.63) is 41.5 Å². The van der Waals surface area contributed by atoms with Gasteiger partial charge in [-0.25, -0.2) is 4.39 Å². The summed E-state index contributed by atoms with van der Waals surface area (Å²) in [5.74, 6) is 0.332. The number of carbonyl (C=O) groups excluding carboxylic acids is 2. The number of hydrogen-bond donors (Lipinski definition) is 2. The minimum Gasteiger partial charge on any atom is -0.342 e. The Labute approximate surface area is 176 Å². The summed E-state index contributed by atoms with van der Waals surface area (Å²) in [4.78, 5) is 28.6. The molecule has 0 unspecified atom stereocenters. The average Bonchev–Trinajstić information content (AvgIpc) is 3.35. The van der Waals surface area contributed by atoms with Crippen molar-refractivity contribution in [2.24, 2.45) is 4.99 Å². The highest BCUT2D eigenvalue weighted by molar-refractivity contribution is 8.14. The first kappa shape index (κ1) is 21.3. The molecule has 8 nitrogen and oxygen atoms in total. The molecule has 0 spiro atoms. The number of thioether (sulfide) groups is 2. The van der Waals surface area contributed by atoms with E-state index in [-0.39, 0.29) is 17.2 Å². The third-order valence-electron chi connectivity index (χ3n) is 4.08. The number of hydrogen-bond acceptors (Lipinski definition) is 7. The lowest BCUT2D eigenvalue weighted by Crippen LogP contribution is -2.29. The van der Waals surface area contributed by atoms with Crippen LogP contribution in [0.2, 0.25) is 0 Å². The maximum Gasteiger partial charge on any atom is 0.254 e. The minimum atomic E-state index is -0.582. The predicted molar refractivity (Wildman–Crippen MR) is 112 cm³/mol. The summed E-state index contributed by atoms with van der Waals surface area (Å²) >= 11 is 2.78. The molecule has 0 fully saturated rings. The summed E-state index contributed by atoms with van der Waals surface area (Å²) in [6, 6.07) is 5.31. The molecule has 2 heterocycles. The molecule has 2 amide bonds. The molecule has 11 heteroatoms. The second-order valence-corrected chi connectivity index (χ2v) is 8.16.